The Bertz CT molecular complexity index is 587. The summed E-state index contributed by atoms with van der Waals surface area (Å²) in [5.74, 6) is 0.657. The predicted octanol–water partition coefficient (Wildman–Crippen LogP) is 1.76. The molecule has 1 unspecified atom stereocenters. The topological polar surface area (TPSA) is 72.6 Å². The fourth-order valence-electron chi connectivity index (χ4n) is 2.84. The van der Waals surface area contributed by atoms with E-state index in [1.165, 1.54) is 0 Å². The number of methoxy groups -OCH3 is 1. The maximum absolute atomic E-state index is 12.9. The lowest BCUT2D eigenvalue weighted by Gasteiger charge is -2.32. The van der Waals surface area contributed by atoms with Gasteiger partial charge in [-0.25, -0.2) is 8.42 Å². The van der Waals surface area contributed by atoms with E-state index in [4.69, 9.17) is 10.5 Å². The van der Waals surface area contributed by atoms with Gasteiger partial charge in [0.15, 0.2) is 0 Å². The Hall–Kier alpha value is -1.11. The third-order valence-corrected chi connectivity index (χ3v) is 6.12. The van der Waals surface area contributed by atoms with E-state index in [-0.39, 0.29) is 6.04 Å². The van der Waals surface area contributed by atoms with Gasteiger partial charge in [-0.05, 0) is 56.5 Å². The summed E-state index contributed by atoms with van der Waals surface area (Å²) in [4.78, 5) is 0.363. The molecule has 1 aromatic rings. The van der Waals surface area contributed by atoms with Gasteiger partial charge in [-0.15, -0.1) is 0 Å². The first kappa shape index (κ1) is 16.3. The van der Waals surface area contributed by atoms with Crippen LogP contribution < -0.4 is 10.5 Å². The minimum absolute atomic E-state index is 0.0524. The SMILES string of the molecule is COc1ccc(S(=O)(=O)N2CCCCC2C)c(CCN)c1. The van der Waals surface area contributed by atoms with Gasteiger partial charge in [0.1, 0.15) is 5.75 Å². The van der Waals surface area contributed by atoms with E-state index < -0.39 is 10.0 Å². The molecule has 0 saturated carbocycles. The highest BCUT2D eigenvalue weighted by Gasteiger charge is 2.32. The third kappa shape index (κ3) is 3.39. The molecular weight excluding hydrogens is 288 g/mol. The van der Waals surface area contributed by atoms with Crippen LogP contribution in [-0.4, -0.2) is 39.0 Å². The minimum Gasteiger partial charge on any atom is -0.497 e. The van der Waals surface area contributed by atoms with Crippen LogP contribution in [0.15, 0.2) is 23.1 Å². The van der Waals surface area contributed by atoms with Gasteiger partial charge in [0, 0.05) is 12.6 Å². The Balaban J connectivity index is 2.43. The second-order valence-electron chi connectivity index (χ2n) is 5.47. The molecule has 21 heavy (non-hydrogen) atoms. The van der Waals surface area contributed by atoms with E-state index in [9.17, 15) is 8.42 Å². The molecule has 0 spiro atoms. The fraction of sp³-hybridized carbons (Fsp3) is 0.600. The summed E-state index contributed by atoms with van der Waals surface area (Å²) in [6.45, 7) is 2.98. The summed E-state index contributed by atoms with van der Waals surface area (Å²) < 4.78 is 32.7. The van der Waals surface area contributed by atoms with Gasteiger partial charge >= 0.3 is 0 Å². The number of sulfonamides is 1. The zero-order valence-electron chi connectivity index (χ0n) is 12.7. The monoisotopic (exact) mass is 312 g/mol. The molecule has 6 heteroatoms. The van der Waals surface area contributed by atoms with Crippen LogP contribution in [0.4, 0.5) is 0 Å². The second kappa shape index (κ2) is 6.77. The second-order valence-corrected chi connectivity index (χ2v) is 7.33. The molecule has 1 heterocycles. The average molecular weight is 312 g/mol. The Morgan fingerprint density at radius 1 is 1.38 bits per heavy atom. The lowest BCUT2D eigenvalue weighted by Crippen LogP contribution is -2.42. The van der Waals surface area contributed by atoms with Crippen LogP contribution in [0.2, 0.25) is 0 Å². The van der Waals surface area contributed by atoms with Crippen molar-refractivity contribution in [1.82, 2.24) is 4.31 Å². The smallest absolute Gasteiger partial charge is 0.243 e. The van der Waals surface area contributed by atoms with E-state index >= 15 is 0 Å². The normalized spacial score (nSPS) is 20.4. The number of nitrogens with zero attached hydrogens (tertiary/aromatic N) is 1. The molecule has 0 bridgehead atoms. The summed E-state index contributed by atoms with van der Waals surface area (Å²) in [6, 6.07) is 5.16. The zero-order chi connectivity index (χ0) is 15.5. The number of hydrogen-bond donors (Lipinski definition) is 1. The van der Waals surface area contributed by atoms with Gasteiger partial charge in [0.2, 0.25) is 10.0 Å². The summed E-state index contributed by atoms with van der Waals surface area (Å²) in [5, 5.41) is 0. The molecule has 1 saturated heterocycles. The molecule has 0 radical (unpaired) electrons. The van der Waals surface area contributed by atoms with Crippen LogP contribution in [0, 0.1) is 0 Å². The van der Waals surface area contributed by atoms with Gasteiger partial charge in [-0.3, -0.25) is 0 Å². The number of ether oxygens (including phenoxy) is 1. The molecule has 0 aromatic heterocycles. The van der Waals surface area contributed by atoms with Crippen molar-refractivity contribution in [2.24, 2.45) is 5.73 Å². The van der Waals surface area contributed by atoms with E-state index in [0.29, 0.717) is 30.2 Å². The van der Waals surface area contributed by atoms with Crippen LogP contribution in [0.3, 0.4) is 0 Å². The van der Waals surface area contributed by atoms with Crippen molar-refractivity contribution in [1.29, 1.82) is 0 Å². The van der Waals surface area contributed by atoms with Crippen molar-refractivity contribution < 1.29 is 13.2 Å². The van der Waals surface area contributed by atoms with Crippen molar-refractivity contribution in [2.75, 3.05) is 20.2 Å². The van der Waals surface area contributed by atoms with Crippen molar-refractivity contribution >= 4 is 10.0 Å². The lowest BCUT2D eigenvalue weighted by atomic mass is 10.1. The summed E-state index contributed by atoms with van der Waals surface area (Å²) >= 11 is 0. The molecule has 2 N–H and O–H groups in total. The fourth-order valence-corrected chi connectivity index (χ4v) is 4.77. The highest BCUT2D eigenvalue weighted by Crippen LogP contribution is 2.29. The van der Waals surface area contributed by atoms with Crippen LogP contribution in [0.1, 0.15) is 31.7 Å². The highest BCUT2D eigenvalue weighted by molar-refractivity contribution is 7.89. The molecule has 0 aliphatic carbocycles. The van der Waals surface area contributed by atoms with Crippen LogP contribution >= 0.6 is 0 Å². The largest absolute Gasteiger partial charge is 0.497 e. The first-order chi connectivity index (χ1) is 10.0. The van der Waals surface area contributed by atoms with E-state index in [0.717, 1.165) is 24.8 Å². The number of hydrogen-bond acceptors (Lipinski definition) is 4. The average Bonchev–Trinajstić information content (AvgIpc) is 2.47. The van der Waals surface area contributed by atoms with E-state index in [2.05, 4.69) is 0 Å². The zero-order valence-corrected chi connectivity index (χ0v) is 13.5. The Morgan fingerprint density at radius 3 is 2.76 bits per heavy atom. The van der Waals surface area contributed by atoms with Crippen LogP contribution in [-0.2, 0) is 16.4 Å². The molecule has 0 amide bonds. The van der Waals surface area contributed by atoms with Crippen molar-refractivity contribution in [3.05, 3.63) is 23.8 Å². The molecule has 1 aliphatic heterocycles. The van der Waals surface area contributed by atoms with Crippen molar-refractivity contribution in [2.45, 2.75) is 43.5 Å². The van der Waals surface area contributed by atoms with E-state index in [1.807, 2.05) is 6.92 Å². The maximum atomic E-state index is 12.9. The molecule has 1 fully saturated rings. The quantitative estimate of drug-likeness (QED) is 0.899. The predicted molar refractivity (Wildman–Crippen MR) is 83.0 cm³/mol. The van der Waals surface area contributed by atoms with Gasteiger partial charge in [-0.1, -0.05) is 6.42 Å². The van der Waals surface area contributed by atoms with E-state index in [1.54, 1.807) is 29.6 Å². The summed E-state index contributed by atoms with van der Waals surface area (Å²) in [6.07, 6.45) is 3.45. The van der Waals surface area contributed by atoms with Crippen molar-refractivity contribution in [3.63, 3.8) is 0 Å². The number of benzene rings is 1. The lowest BCUT2D eigenvalue weighted by molar-refractivity contribution is 0.268. The Kier molecular flexibility index (Phi) is 5.24. The molecule has 1 aromatic carbocycles. The molecule has 5 nitrogen and oxygen atoms in total. The standard InChI is InChI=1S/C15H24N2O3S/c1-12-5-3-4-10-17(12)21(18,19)15-7-6-14(20-2)11-13(15)8-9-16/h6-7,11-12H,3-5,8-10,16H2,1-2H3. The number of nitrogens with two attached hydrogens (primary N) is 1. The first-order valence-corrected chi connectivity index (χ1v) is 8.83. The van der Waals surface area contributed by atoms with Gasteiger partial charge in [0.25, 0.3) is 0 Å². The summed E-state index contributed by atoms with van der Waals surface area (Å²) in [5.41, 5.74) is 6.35. The van der Waals surface area contributed by atoms with Crippen LogP contribution in [0.25, 0.3) is 0 Å². The van der Waals surface area contributed by atoms with Gasteiger partial charge in [0.05, 0.1) is 12.0 Å². The van der Waals surface area contributed by atoms with Gasteiger partial charge < -0.3 is 10.5 Å². The molecular formula is C15H24N2O3S. The molecule has 1 atom stereocenters. The molecule has 1 aliphatic rings. The Morgan fingerprint density at radius 2 is 2.14 bits per heavy atom. The van der Waals surface area contributed by atoms with Crippen LogP contribution in [0.5, 0.6) is 5.75 Å². The first-order valence-electron chi connectivity index (χ1n) is 7.39. The number of rotatable bonds is 5. The minimum atomic E-state index is -3.47. The Labute approximate surface area is 127 Å². The third-order valence-electron chi connectivity index (χ3n) is 4.01. The van der Waals surface area contributed by atoms with Crippen molar-refractivity contribution in [3.8, 4) is 5.75 Å². The van der Waals surface area contributed by atoms with Gasteiger partial charge in [-0.2, -0.15) is 4.31 Å². The molecule has 2 rings (SSSR count). The maximum Gasteiger partial charge on any atom is 0.243 e. The summed E-state index contributed by atoms with van der Waals surface area (Å²) in [7, 11) is -1.89. The molecule has 118 valence electrons. The number of piperidine rings is 1. The highest BCUT2D eigenvalue weighted by atomic mass is 32.2.